The lowest BCUT2D eigenvalue weighted by atomic mass is 9.97. The summed E-state index contributed by atoms with van der Waals surface area (Å²) in [6.07, 6.45) is 0.660. The summed E-state index contributed by atoms with van der Waals surface area (Å²) in [6, 6.07) is 3.46. The molecular weight excluding hydrogens is 180 g/mol. The SMILES string of the molecule is COc1ccc(C(C)C)c(C=O)c1O. The Hall–Kier alpha value is -1.51. The molecule has 0 radical (unpaired) electrons. The molecule has 0 atom stereocenters. The Morgan fingerprint density at radius 2 is 2.07 bits per heavy atom. The fourth-order valence-electron chi connectivity index (χ4n) is 1.40. The van der Waals surface area contributed by atoms with E-state index in [0.717, 1.165) is 5.56 Å². The number of aldehydes is 1. The normalized spacial score (nSPS) is 10.3. The van der Waals surface area contributed by atoms with Crippen molar-refractivity contribution in [1.29, 1.82) is 0 Å². The minimum atomic E-state index is -0.0753. The summed E-state index contributed by atoms with van der Waals surface area (Å²) < 4.78 is 4.91. The van der Waals surface area contributed by atoms with Crippen LogP contribution in [0.4, 0.5) is 0 Å². The second-order valence-corrected chi connectivity index (χ2v) is 3.39. The molecule has 0 unspecified atom stereocenters. The van der Waals surface area contributed by atoms with E-state index in [1.54, 1.807) is 12.1 Å². The second kappa shape index (κ2) is 4.13. The monoisotopic (exact) mass is 194 g/mol. The molecule has 1 aromatic rings. The van der Waals surface area contributed by atoms with Crippen molar-refractivity contribution in [2.75, 3.05) is 7.11 Å². The van der Waals surface area contributed by atoms with E-state index in [1.807, 2.05) is 13.8 Å². The van der Waals surface area contributed by atoms with Crippen LogP contribution >= 0.6 is 0 Å². The quantitative estimate of drug-likeness (QED) is 0.751. The summed E-state index contributed by atoms with van der Waals surface area (Å²) in [4.78, 5) is 10.8. The molecule has 0 saturated carbocycles. The molecule has 1 rings (SSSR count). The van der Waals surface area contributed by atoms with Crippen LogP contribution < -0.4 is 4.74 Å². The van der Waals surface area contributed by atoms with Gasteiger partial charge in [0.05, 0.1) is 12.7 Å². The molecule has 76 valence electrons. The van der Waals surface area contributed by atoms with E-state index >= 15 is 0 Å². The number of phenols is 1. The third-order valence-corrected chi connectivity index (χ3v) is 2.17. The zero-order valence-electron chi connectivity index (χ0n) is 8.57. The summed E-state index contributed by atoms with van der Waals surface area (Å²) in [5.41, 5.74) is 1.15. The maximum absolute atomic E-state index is 10.8. The molecule has 3 heteroatoms. The van der Waals surface area contributed by atoms with Gasteiger partial charge < -0.3 is 9.84 Å². The van der Waals surface area contributed by atoms with Gasteiger partial charge in [0.25, 0.3) is 0 Å². The summed E-state index contributed by atoms with van der Waals surface area (Å²) in [6.45, 7) is 3.93. The molecule has 0 spiro atoms. The zero-order valence-corrected chi connectivity index (χ0v) is 8.57. The minimum absolute atomic E-state index is 0.0753. The summed E-state index contributed by atoms with van der Waals surface area (Å²) in [7, 11) is 1.46. The number of hydrogen-bond acceptors (Lipinski definition) is 3. The van der Waals surface area contributed by atoms with Gasteiger partial charge in [-0.1, -0.05) is 19.9 Å². The lowest BCUT2D eigenvalue weighted by Gasteiger charge is -2.12. The smallest absolute Gasteiger partial charge is 0.168 e. The van der Waals surface area contributed by atoms with Crippen LogP contribution in [0.15, 0.2) is 12.1 Å². The average molecular weight is 194 g/mol. The number of benzene rings is 1. The van der Waals surface area contributed by atoms with Crippen molar-refractivity contribution in [1.82, 2.24) is 0 Å². The average Bonchev–Trinajstić information content (AvgIpc) is 2.17. The lowest BCUT2D eigenvalue weighted by molar-refractivity contribution is 0.111. The maximum Gasteiger partial charge on any atom is 0.168 e. The highest BCUT2D eigenvalue weighted by molar-refractivity contribution is 5.83. The second-order valence-electron chi connectivity index (χ2n) is 3.39. The Morgan fingerprint density at radius 1 is 1.43 bits per heavy atom. The third-order valence-electron chi connectivity index (χ3n) is 2.17. The fraction of sp³-hybridized carbons (Fsp3) is 0.364. The molecule has 0 fully saturated rings. The van der Waals surface area contributed by atoms with Gasteiger partial charge in [0.15, 0.2) is 17.8 Å². The molecule has 3 nitrogen and oxygen atoms in total. The van der Waals surface area contributed by atoms with Crippen LogP contribution in [0.2, 0.25) is 0 Å². The van der Waals surface area contributed by atoms with E-state index in [4.69, 9.17) is 4.74 Å². The van der Waals surface area contributed by atoms with Crippen LogP contribution in [-0.4, -0.2) is 18.5 Å². The van der Waals surface area contributed by atoms with Gasteiger partial charge in [0, 0.05) is 0 Å². The molecule has 0 aromatic heterocycles. The van der Waals surface area contributed by atoms with Gasteiger partial charge in [-0.2, -0.15) is 0 Å². The number of hydrogen-bond donors (Lipinski definition) is 1. The van der Waals surface area contributed by atoms with Crippen LogP contribution in [0.1, 0.15) is 35.7 Å². The minimum Gasteiger partial charge on any atom is -0.504 e. The first-order chi connectivity index (χ1) is 6.61. The van der Waals surface area contributed by atoms with Gasteiger partial charge in [0.1, 0.15) is 0 Å². The molecular formula is C11H14O3. The number of phenolic OH excluding ortho intramolecular Hbond substituents is 1. The maximum atomic E-state index is 10.8. The summed E-state index contributed by atoms with van der Waals surface area (Å²) >= 11 is 0. The van der Waals surface area contributed by atoms with Crippen molar-refractivity contribution in [3.05, 3.63) is 23.3 Å². The molecule has 0 bridgehead atoms. The van der Waals surface area contributed by atoms with Crippen molar-refractivity contribution in [2.45, 2.75) is 19.8 Å². The molecule has 0 heterocycles. The van der Waals surface area contributed by atoms with Crippen molar-refractivity contribution >= 4 is 6.29 Å². The van der Waals surface area contributed by atoms with E-state index in [0.29, 0.717) is 17.6 Å². The van der Waals surface area contributed by atoms with E-state index in [1.165, 1.54) is 7.11 Å². The molecule has 0 amide bonds. The molecule has 0 aliphatic rings. The van der Waals surface area contributed by atoms with E-state index in [-0.39, 0.29) is 11.7 Å². The molecule has 1 aromatic carbocycles. The van der Waals surface area contributed by atoms with E-state index < -0.39 is 0 Å². The van der Waals surface area contributed by atoms with Crippen LogP contribution in [0.5, 0.6) is 11.5 Å². The fourth-order valence-corrected chi connectivity index (χ4v) is 1.40. The van der Waals surface area contributed by atoms with Crippen molar-refractivity contribution < 1.29 is 14.6 Å². The number of carbonyl (C=O) groups excluding carboxylic acids is 1. The molecule has 0 saturated heterocycles. The highest BCUT2D eigenvalue weighted by atomic mass is 16.5. The van der Waals surface area contributed by atoms with Gasteiger partial charge in [0.2, 0.25) is 0 Å². The summed E-state index contributed by atoms with van der Waals surface area (Å²) in [5, 5.41) is 9.66. The van der Waals surface area contributed by atoms with E-state index in [2.05, 4.69) is 0 Å². The lowest BCUT2D eigenvalue weighted by Crippen LogP contribution is -1.97. The van der Waals surface area contributed by atoms with Crippen LogP contribution in [0.25, 0.3) is 0 Å². The molecule has 0 aliphatic carbocycles. The molecule has 14 heavy (non-hydrogen) atoms. The van der Waals surface area contributed by atoms with Crippen LogP contribution in [-0.2, 0) is 0 Å². The van der Waals surface area contributed by atoms with Crippen LogP contribution in [0, 0.1) is 0 Å². The number of aromatic hydroxyl groups is 1. The Labute approximate surface area is 83.3 Å². The molecule has 0 aliphatic heterocycles. The zero-order chi connectivity index (χ0) is 10.7. The Kier molecular flexibility index (Phi) is 3.12. The van der Waals surface area contributed by atoms with E-state index in [9.17, 15) is 9.90 Å². The predicted molar refractivity (Wildman–Crippen MR) is 54.1 cm³/mol. The third kappa shape index (κ3) is 1.71. The number of carbonyl (C=O) groups is 1. The van der Waals surface area contributed by atoms with Crippen molar-refractivity contribution in [3.63, 3.8) is 0 Å². The Bertz CT molecular complexity index is 343. The highest BCUT2D eigenvalue weighted by Gasteiger charge is 2.14. The number of ether oxygens (including phenoxy) is 1. The molecule has 1 N–H and O–H groups in total. The van der Waals surface area contributed by atoms with Gasteiger partial charge >= 0.3 is 0 Å². The van der Waals surface area contributed by atoms with Crippen molar-refractivity contribution in [3.8, 4) is 11.5 Å². The number of rotatable bonds is 3. The van der Waals surface area contributed by atoms with Gasteiger partial charge in [-0.25, -0.2) is 0 Å². The number of methoxy groups -OCH3 is 1. The van der Waals surface area contributed by atoms with Crippen molar-refractivity contribution in [2.24, 2.45) is 0 Å². The van der Waals surface area contributed by atoms with Gasteiger partial charge in [-0.3, -0.25) is 4.79 Å². The largest absolute Gasteiger partial charge is 0.504 e. The van der Waals surface area contributed by atoms with Crippen LogP contribution in [0.3, 0.4) is 0 Å². The van der Waals surface area contributed by atoms with Gasteiger partial charge in [-0.15, -0.1) is 0 Å². The van der Waals surface area contributed by atoms with Gasteiger partial charge in [-0.05, 0) is 17.5 Å². The first-order valence-corrected chi connectivity index (χ1v) is 4.46. The standard InChI is InChI=1S/C11H14O3/c1-7(2)8-4-5-10(14-3)11(13)9(8)6-12/h4-7,13H,1-3H3. The topological polar surface area (TPSA) is 46.5 Å². The Balaban J connectivity index is 3.35. The summed E-state index contributed by atoms with van der Waals surface area (Å²) in [5.74, 6) is 0.456. The predicted octanol–water partition coefficient (Wildman–Crippen LogP) is 2.34. The first-order valence-electron chi connectivity index (χ1n) is 4.46. The highest BCUT2D eigenvalue weighted by Crippen LogP contribution is 2.33. The first kappa shape index (κ1) is 10.6. The Morgan fingerprint density at radius 3 is 2.50 bits per heavy atom.